The Labute approximate surface area is 161 Å². The fourth-order valence-electron chi connectivity index (χ4n) is 3.49. The molecule has 0 atom stereocenters. The van der Waals surface area contributed by atoms with Gasteiger partial charge in [-0.3, -0.25) is 0 Å². The molecule has 0 spiro atoms. The Bertz CT molecular complexity index is 912. The number of allylic oxidation sites excluding steroid dienone is 1. The van der Waals surface area contributed by atoms with Gasteiger partial charge < -0.3 is 0 Å². The molecular formula is C27H22. The first kappa shape index (κ1) is 17.1. The van der Waals surface area contributed by atoms with Crippen molar-refractivity contribution in [1.82, 2.24) is 0 Å². The van der Waals surface area contributed by atoms with Gasteiger partial charge in [0, 0.05) is 5.92 Å². The van der Waals surface area contributed by atoms with Gasteiger partial charge in [-0.25, -0.2) is 0 Å². The second kappa shape index (κ2) is 7.88. The zero-order chi connectivity index (χ0) is 18.5. The third kappa shape index (κ3) is 3.75. The van der Waals surface area contributed by atoms with Gasteiger partial charge in [-0.1, -0.05) is 115 Å². The van der Waals surface area contributed by atoms with Crippen LogP contribution in [-0.2, 0) is 0 Å². The van der Waals surface area contributed by atoms with Crippen LogP contribution in [-0.4, -0.2) is 0 Å². The van der Waals surface area contributed by atoms with E-state index in [0.717, 1.165) is 0 Å². The van der Waals surface area contributed by atoms with Crippen LogP contribution in [0.25, 0.3) is 22.3 Å². The zero-order valence-electron chi connectivity index (χ0n) is 15.3. The SMILES string of the molecule is C=CC(c1ccc(-c2ccccc2)cc1)c1ccc(-c2ccccc2)cc1. The fraction of sp³-hybridized carbons (Fsp3) is 0.0370. The van der Waals surface area contributed by atoms with Gasteiger partial charge >= 0.3 is 0 Å². The molecule has 0 aliphatic carbocycles. The van der Waals surface area contributed by atoms with Crippen molar-refractivity contribution in [1.29, 1.82) is 0 Å². The van der Waals surface area contributed by atoms with Crippen molar-refractivity contribution >= 4 is 0 Å². The van der Waals surface area contributed by atoms with Crippen LogP contribution in [0.1, 0.15) is 17.0 Å². The van der Waals surface area contributed by atoms with Gasteiger partial charge in [0.25, 0.3) is 0 Å². The van der Waals surface area contributed by atoms with Crippen LogP contribution in [0.2, 0.25) is 0 Å². The van der Waals surface area contributed by atoms with Crippen LogP contribution in [0, 0.1) is 0 Å². The number of hydrogen-bond donors (Lipinski definition) is 0. The van der Waals surface area contributed by atoms with Crippen LogP contribution in [0.15, 0.2) is 122 Å². The lowest BCUT2D eigenvalue weighted by Crippen LogP contribution is -1.97. The lowest BCUT2D eigenvalue weighted by molar-refractivity contribution is 1.03. The Balaban J connectivity index is 1.59. The van der Waals surface area contributed by atoms with Crippen molar-refractivity contribution in [2.24, 2.45) is 0 Å². The highest BCUT2D eigenvalue weighted by Crippen LogP contribution is 2.30. The summed E-state index contributed by atoms with van der Waals surface area (Å²) >= 11 is 0. The van der Waals surface area contributed by atoms with E-state index in [9.17, 15) is 0 Å². The molecule has 0 fully saturated rings. The molecule has 0 heteroatoms. The Kier molecular flexibility index (Phi) is 4.98. The molecular weight excluding hydrogens is 324 g/mol. The lowest BCUT2D eigenvalue weighted by Gasteiger charge is -2.15. The molecule has 0 saturated carbocycles. The third-order valence-electron chi connectivity index (χ3n) is 4.99. The van der Waals surface area contributed by atoms with E-state index in [4.69, 9.17) is 0 Å². The molecule has 0 amide bonds. The summed E-state index contributed by atoms with van der Waals surface area (Å²) < 4.78 is 0. The number of benzene rings is 4. The molecule has 0 saturated heterocycles. The standard InChI is InChI=1S/C27H22/c1-2-27(25-17-13-23(14-18-25)21-9-5-3-6-10-21)26-19-15-24(16-20-26)22-11-7-4-8-12-22/h2-20,27H,1H2. The molecule has 4 aromatic rings. The van der Waals surface area contributed by atoms with Crippen molar-refractivity contribution < 1.29 is 0 Å². The zero-order valence-corrected chi connectivity index (χ0v) is 15.3. The first-order valence-electron chi connectivity index (χ1n) is 9.28. The van der Waals surface area contributed by atoms with E-state index < -0.39 is 0 Å². The Morgan fingerprint density at radius 3 is 1.11 bits per heavy atom. The van der Waals surface area contributed by atoms with E-state index in [0.29, 0.717) is 0 Å². The molecule has 4 rings (SSSR count). The van der Waals surface area contributed by atoms with Crippen LogP contribution in [0.4, 0.5) is 0 Å². The van der Waals surface area contributed by atoms with Crippen LogP contribution in [0.5, 0.6) is 0 Å². The minimum atomic E-state index is 0.194. The average molecular weight is 346 g/mol. The molecule has 0 unspecified atom stereocenters. The average Bonchev–Trinajstić information content (AvgIpc) is 2.76. The second-order valence-corrected chi connectivity index (χ2v) is 6.69. The summed E-state index contributed by atoms with van der Waals surface area (Å²) in [4.78, 5) is 0. The quantitative estimate of drug-likeness (QED) is 0.332. The lowest BCUT2D eigenvalue weighted by atomic mass is 9.89. The minimum absolute atomic E-state index is 0.194. The van der Waals surface area contributed by atoms with Gasteiger partial charge in [0.2, 0.25) is 0 Å². The summed E-state index contributed by atoms with van der Waals surface area (Å²) in [5.74, 6) is 0.194. The molecule has 0 aliphatic heterocycles. The topological polar surface area (TPSA) is 0 Å². The summed E-state index contributed by atoms with van der Waals surface area (Å²) in [6.07, 6.45) is 2.02. The second-order valence-electron chi connectivity index (χ2n) is 6.69. The van der Waals surface area contributed by atoms with Crippen molar-refractivity contribution in [2.45, 2.75) is 5.92 Å². The predicted molar refractivity (Wildman–Crippen MR) is 116 cm³/mol. The highest BCUT2D eigenvalue weighted by atomic mass is 14.1. The summed E-state index contributed by atoms with van der Waals surface area (Å²) in [7, 11) is 0. The van der Waals surface area contributed by atoms with Crippen molar-refractivity contribution in [2.75, 3.05) is 0 Å². The smallest absolute Gasteiger partial charge is 0.0266 e. The first-order valence-corrected chi connectivity index (χ1v) is 9.28. The maximum atomic E-state index is 4.07. The van der Waals surface area contributed by atoms with Gasteiger partial charge in [0.1, 0.15) is 0 Å². The Morgan fingerprint density at radius 2 is 0.778 bits per heavy atom. The molecule has 0 aromatic heterocycles. The van der Waals surface area contributed by atoms with E-state index in [1.54, 1.807) is 0 Å². The summed E-state index contributed by atoms with van der Waals surface area (Å²) in [5, 5.41) is 0. The van der Waals surface area contributed by atoms with Crippen LogP contribution >= 0.6 is 0 Å². The number of hydrogen-bond acceptors (Lipinski definition) is 0. The molecule has 27 heavy (non-hydrogen) atoms. The highest BCUT2D eigenvalue weighted by molar-refractivity contribution is 5.65. The van der Waals surface area contributed by atoms with Gasteiger partial charge in [0.15, 0.2) is 0 Å². The Morgan fingerprint density at radius 1 is 0.444 bits per heavy atom. The molecule has 130 valence electrons. The molecule has 0 aliphatic rings. The molecule has 0 nitrogen and oxygen atoms in total. The third-order valence-corrected chi connectivity index (χ3v) is 4.99. The van der Waals surface area contributed by atoms with Crippen molar-refractivity contribution in [3.05, 3.63) is 133 Å². The summed E-state index contributed by atoms with van der Waals surface area (Å²) in [5.41, 5.74) is 7.48. The maximum Gasteiger partial charge on any atom is 0.0266 e. The molecule has 4 aromatic carbocycles. The summed E-state index contributed by atoms with van der Waals surface area (Å²) in [6, 6.07) is 38.6. The normalized spacial score (nSPS) is 10.7. The van der Waals surface area contributed by atoms with Gasteiger partial charge in [-0.2, -0.15) is 0 Å². The van der Waals surface area contributed by atoms with E-state index in [-0.39, 0.29) is 5.92 Å². The van der Waals surface area contributed by atoms with Crippen molar-refractivity contribution in [3.8, 4) is 22.3 Å². The van der Waals surface area contributed by atoms with Crippen LogP contribution in [0.3, 0.4) is 0 Å². The number of rotatable bonds is 5. The van der Waals surface area contributed by atoms with Gasteiger partial charge in [-0.05, 0) is 33.4 Å². The fourth-order valence-corrected chi connectivity index (χ4v) is 3.49. The van der Waals surface area contributed by atoms with E-state index >= 15 is 0 Å². The van der Waals surface area contributed by atoms with Crippen LogP contribution < -0.4 is 0 Å². The van der Waals surface area contributed by atoms with Gasteiger partial charge in [-0.15, -0.1) is 6.58 Å². The van der Waals surface area contributed by atoms with E-state index in [1.807, 2.05) is 18.2 Å². The molecule has 0 bridgehead atoms. The highest BCUT2D eigenvalue weighted by Gasteiger charge is 2.11. The Hall–Kier alpha value is -3.38. The van der Waals surface area contributed by atoms with E-state index in [1.165, 1.54) is 33.4 Å². The first-order chi connectivity index (χ1) is 13.3. The largest absolute Gasteiger partial charge is 0.102 e. The van der Waals surface area contributed by atoms with E-state index in [2.05, 4.69) is 104 Å². The van der Waals surface area contributed by atoms with Gasteiger partial charge in [0.05, 0.1) is 0 Å². The molecule has 0 radical (unpaired) electrons. The minimum Gasteiger partial charge on any atom is -0.102 e. The maximum absolute atomic E-state index is 4.07. The monoisotopic (exact) mass is 346 g/mol. The molecule has 0 heterocycles. The predicted octanol–water partition coefficient (Wildman–Crippen LogP) is 7.34. The summed E-state index contributed by atoms with van der Waals surface area (Å²) in [6.45, 7) is 4.07. The van der Waals surface area contributed by atoms with Crippen molar-refractivity contribution in [3.63, 3.8) is 0 Å². The molecule has 0 N–H and O–H groups in total.